The lowest BCUT2D eigenvalue weighted by Crippen LogP contribution is -2.22. The summed E-state index contributed by atoms with van der Waals surface area (Å²) >= 11 is 0. The van der Waals surface area contributed by atoms with E-state index in [1.165, 1.54) is 24.3 Å². The molecule has 0 aliphatic rings. The van der Waals surface area contributed by atoms with Gasteiger partial charge in [-0.2, -0.15) is 13.2 Å². The first-order valence-corrected chi connectivity index (χ1v) is 9.82. The number of amides is 2. The Labute approximate surface area is 183 Å². The van der Waals surface area contributed by atoms with Crippen LogP contribution in [0.4, 0.5) is 30.2 Å². The molecule has 0 atom stereocenters. The van der Waals surface area contributed by atoms with Crippen LogP contribution in [0.5, 0.6) is 0 Å². The Morgan fingerprint density at radius 1 is 0.844 bits per heavy atom. The molecule has 3 aromatic carbocycles. The number of hydrogen-bond donors (Lipinski definition) is 3. The first-order chi connectivity index (χ1) is 15.1. The lowest BCUT2D eigenvalue weighted by atomic mass is 10.1. The van der Waals surface area contributed by atoms with Crippen LogP contribution in [0, 0.1) is 13.8 Å². The number of halogens is 3. The van der Waals surface area contributed by atoms with E-state index in [0.29, 0.717) is 5.69 Å². The summed E-state index contributed by atoms with van der Waals surface area (Å²) in [4.78, 5) is 24.8. The Bertz CT molecular complexity index is 1140. The molecule has 3 N–H and O–H groups in total. The fraction of sp³-hybridized carbons (Fsp3) is 0.167. The largest absolute Gasteiger partial charge is 0.416 e. The third kappa shape index (κ3) is 5.87. The molecular formula is C24H22F3N3O2. The standard InChI is InChI=1S/C24H22F3N3O2/c1-15-6-3-11-21(16(15)2)28-14-22(31)29-19-9-4-7-17(12-19)23(32)30-20-10-5-8-18(13-20)24(25,26)27/h3-13,28H,14H2,1-2H3,(H,29,31)(H,30,32). The van der Waals surface area contributed by atoms with Crippen LogP contribution in [-0.4, -0.2) is 18.4 Å². The van der Waals surface area contributed by atoms with Gasteiger partial charge in [0.25, 0.3) is 5.91 Å². The molecule has 166 valence electrons. The van der Waals surface area contributed by atoms with Gasteiger partial charge in [-0.25, -0.2) is 0 Å². The molecule has 0 aliphatic heterocycles. The predicted molar refractivity (Wildman–Crippen MR) is 119 cm³/mol. The fourth-order valence-electron chi connectivity index (χ4n) is 3.04. The van der Waals surface area contributed by atoms with Crippen LogP contribution < -0.4 is 16.0 Å². The maximum atomic E-state index is 12.9. The van der Waals surface area contributed by atoms with Crippen molar-refractivity contribution in [3.05, 3.63) is 89.0 Å². The van der Waals surface area contributed by atoms with Crippen molar-refractivity contribution in [3.63, 3.8) is 0 Å². The molecule has 0 heterocycles. The third-order valence-electron chi connectivity index (χ3n) is 4.90. The van der Waals surface area contributed by atoms with Crippen LogP contribution in [0.1, 0.15) is 27.0 Å². The number of benzene rings is 3. The van der Waals surface area contributed by atoms with E-state index in [1.54, 1.807) is 12.1 Å². The maximum Gasteiger partial charge on any atom is 0.416 e. The molecule has 8 heteroatoms. The van der Waals surface area contributed by atoms with E-state index in [0.717, 1.165) is 28.9 Å². The SMILES string of the molecule is Cc1cccc(NCC(=O)Nc2cccc(C(=O)Nc3cccc(C(F)(F)F)c3)c2)c1C. The summed E-state index contributed by atoms with van der Waals surface area (Å²) in [7, 11) is 0. The molecule has 0 spiro atoms. The van der Waals surface area contributed by atoms with Crippen molar-refractivity contribution in [2.75, 3.05) is 22.5 Å². The molecular weight excluding hydrogens is 419 g/mol. The minimum Gasteiger partial charge on any atom is -0.376 e. The van der Waals surface area contributed by atoms with Gasteiger partial charge in [-0.05, 0) is 67.4 Å². The van der Waals surface area contributed by atoms with Gasteiger partial charge in [-0.3, -0.25) is 9.59 Å². The zero-order chi connectivity index (χ0) is 23.3. The summed E-state index contributed by atoms with van der Waals surface area (Å²) in [5.74, 6) is -0.893. The number of carbonyl (C=O) groups is 2. The highest BCUT2D eigenvalue weighted by atomic mass is 19.4. The van der Waals surface area contributed by atoms with Crippen molar-refractivity contribution in [3.8, 4) is 0 Å². The van der Waals surface area contributed by atoms with Crippen molar-refractivity contribution in [1.29, 1.82) is 0 Å². The van der Waals surface area contributed by atoms with Crippen LogP contribution in [0.2, 0.25) is 0 Å². The first kappa shape index (κ1) is 22.9. The molecule has 5 nitrogen and oxygen atoms in total. The van der Waals surface area contributed by atoms with Crippen molar-refractivity contribution < 1.29 is 22.8 Å². The van der Waals surface area contributed by atoms with Crippen LogP contribution in [0.3, 0.4) is 0 Å². The summed E-state index contributed by atoms with van der Waals surface area (Å²) in [5, 5.41) is 8.23. The second kappa shape index (κ2) is 9.55. The average Bonchev–Trinajstić information content (AvgIpc) is 2.74. The molecule has 0 saturated heterocycles. The van der Waals surface area contributed by atoms with Crippen LogP contribution in [0.15, 0.2) is 66.7 Å². The molecule has 3 aromatic rings. The summed E-state index contributed by atoms with van der Waals surface area (Å²) < 4.78 is 38.6. The van der Waals surface area contributed by atoms with Crippen molar-refractivity contribution in [2.45, 2.75) is 20.0 Å². The van der Waals surface area contributed by atoms with Crippen LogP contribution >= 0.6 is 0 Å². The summed E-state index contributed by atoms with van der Waals surface area (Å²) in [6.07, 6.45) is -4.50. The van der Waals surface area contributed by atoms with E-state index in [2.05, 4.69) is 16.0 Å². The van der Waals surface area contributed by atoms with Gasteiger partial charge >= 0.3 is 6.18 Å². The minimum absolute atomic E-state index is 0.0250. The van der Waals surface area contributed by atoms with Gasteiger partial charge in [0, 0.05) is 22.6 Å². The molecule has 0 unspecified atom stereocenters. The average molecular weight is 441 g/mol. The zero-order valence-electron chi connectivity index (χ0n) is 17.5. The second-order valence-corrected chi connectivity index (χ2v) is 7.26. The Morgan fingerprint density at radius 3 is 2.22 bits per heavy atom. The predicted octanol–water partition coefficient (Wildman–Crippen LogP) is 5.63. The number of aryl methyl sites for hydroxylation is 1. The smallest absolute Gasteiger partial charge is 0.376 e. The molecule has 2 amide bonds. The fourth-order valence-corrected chi connectivity index (χ4v) is 3.04. The monoisotopic (exact) mass is 441 g/mol. The lowest BCUT2D eigenvalue weighted by Gasteiger charge is -2.12. The van der Waals surface area contributed by atoms with Gasteiger partial charge in [0.15, 0.2) is 0 Å². The van der Waals surface area contributed by atoms with E-state index < -0.39 is 17.6 Å². The van der Waals surface area contributed by atoms with Gasteiger partial charge in [0.2, 0.25) is 5.91 Å². The molecule has 0 fully saturated rings. The van der Waals surface area contributed by atoms with Gasteiger partial charge in [0.05, 0.1) is 12.1 Å². The van der Waals surface area contributed by atoms with E-state index in [-0.39, 0.29) is 23.7 Å². The highest BCUT2D eigenvalue weighted by Gasteiger charge is 2.30. The number of hydrogen-bond acceptors (Lipinski definition) is 3. The van der Waals surface area contributed by atoms with Gasteiger partial charge < -0.3 is 16.0 Å². The first-order valence-electron chi connectivity index (χ1n) is 9.82. The Kier molecular flexibility index (Phi) is 6.82. The van der Waals surface area contributed by atoms with Crippen molar-refractivity contribution >= 4 is 28.9 Å². The summed E-state index contributed by atoms with van der Waals surface area (Å²) in [6, 6.07) is 16.3. The van der Waals surface area contributed by atoms with Crippen LogP contribution in [0.25, 0.3) is 0 Å². The van der Waals surface area contributed by atoms with E-state index in [9.17, 15) is 22.8 Å². The molecule has 0 radical (unpaired) electrons. The Morgan fingerprint density at radius 2 is 1.50 bits per heavy atom. The topological polar surface area (TPSA) is 70.2 Å². The molecule has 32 heavy (non-hydrogen) atoms. The maximum absolute atomic E-state index is 12.9. The van der Waals surface area contributed by atoms with Crippen molar-refractivity contribution in [1.82, 2.24) is 0 Å². The lowest BCUT2D eigenvalue weighted by molar-refractivity contribution is -0.137. The number of alkyl halides is 3. The number of rotatable bonds is 6. The quantitative estimate of drug-likeness (QED) is 0.465. The molecule has 0 aliphatic carbocycles. The molecule has 3 rings (SSSR count). The number of nitrogens with one attached hydrogen (secondary N) is 3. The van der Waals surface area contributed by atoms with E-state index >= 15 is 0 Å². The summed E-state index contributed by atoms with van der Waals surface area (Å²) in [6.45, 7) is 3.98. The van der Waals surface area contributed by atoms with E-state index in [1.807, 2.05) is 32.0 Å². The number of carbonyl (C=O) groups excluding carboxylic acids is 2. The van der Waals surface area contributed by atoms with Gasteiger partial charge in [0.1, 0.15) is 0 Å². The highest BCUT2D eigenvalue weighted by Crippen LogP contribution is 2.30. The Hall–Kier alpha value is -3.81. The normalized spacial score (nSPS) is 11.0. The van der Waals surface area contributed by atoms with Gasteiger partial charge in [-0.15, -0.1) is 0 Å². The highest BCUT2D eigenvalue weighted by molar-refractivity contribution is 6.05. The van der Waals surface area contributed by atoms with Crippen LogP contribution in [-0.2, 0) is 11.0 Å². The molecule has 0 bridgehead atoms. The second-order valence-electron chi connectivity index (χ2n) is 7.26. The third-order valence-corrected chi connectivity index (χ3v) is 4.90. The molecule has 0 aromatic heterocycles. The Balaban J connectivity index is 1.63. The molecule has 0 saturated carbocycles. The zero-order valence-corrected chi connectivity index (χ0v) is 17.5. The minimum atomic E-state index is -4.50. The van der Waals surface area contributed by atoms with E-state index in [4.69, 9.17) is 0 Å². The van der Waals surface area contributed by atoms with Gasteiger partial charge in [-0.1, -0.05) is 24.3 Å². The van der Waals surface area contributed by atoms with Crippen molar-refractivity contribution in [2.24, 2.45) is 0 Å². The number of anilines is 3. The summed E-state index contributed by atoms with van der Waals surface area (Å²) in [5.41, 5.74) is 2.78.